The highest BCUT2D eigenvalue weighted by molar-refractivity contribution is 6.30. The Morgan fingerprint density at radius 1 is 1.16 bits per heavy atom. The van der Waals surface area contributed by atoms with Gasteiger partial charge in [-0.2, -0.15) is 0 Å². The van der Waals surface area contributed by atoms with E-state index in [0.717, 1.165) is 17.0 Å². The highest BCUT2D eigenvalue weighted by atomic mass is 35.5. The molecule has 0 spiro atoms. The van der Waals surface area contributed by atoms with Gasteiger partial charge in [0, 0.05) is 25.0 Å². The number of aromatic nitrogens is 2. The average molecular weight is 280 g/mol. The molecule has 1 aromatic heterocycles. The molecule has 1 aromatic carbocycles. The van der Waals surface area contributed by atoms with Crippen molar-refractivity contribution in [3.8, 4) is 0 Å². The predicted octanol–water partition coefficient (Wildman–Crippen LogP) is 3.52. The van der Waals surface area contributed by atoms with Crippen LogP contribution in [0.4, 0.5) is 10.3 Å². The van der Waals surface area contributed by atoms with Crippen LogP contribution >= 0.6 is 11.6 Å². The number of benzene rings is 1. The number of rotatable bonds is 3. The van der Waals surface area contributed by atoms with Crippen LogP contribution in [0.3, 0.4) is 0 Å². The van der Waals surface area contributed by atoms with Crippen LogP contribution < -0.4 is 4.90 Å². The number of aryl methyl sites for hydroxylation is 2. The first-order chi connectivity index (χ1) is 8.95. The molecule has 0 fully saturated rings. The van der Waals surface area contributed by atoms with Gasteiger partial charge in [0.25, 0.3) is 0 Å². The first-order valence-corrected chi connectivity index (χ1v) is 6.31. The first kappa shape index (κ1) is 13.7. The van der Waals surface area contributed by atoms with E-state index in [0.29, 0.717) is 12.5 Å². The molecule has 2 aromatic rings. The molecule has 0 radical (unpaired) electrons. The Balaban J connectivity index is 2.20. The summed E-state index contributed by atoms with van der Waals surface area (Å²) in [7, 11) is 1.88. The van der Waals surface area contributed by atoms with Crippen molar-refractivity contribution in [2.75, 3.05) is 11.9 Å². The van der Waals surface area contributed by atoms with Crippen LogP contribution in [0, 0.1) is 19.7 Å². The molecular weight excluding hydrogens is 265 g/mol. The molecule has 2 rings (SSSR count). The molecule has 0 aliphatic carbocycles. The molecule has 0 aliphatic heterocycles. The zero-order valence-electron chi connectivity index (χ0n) is 11.1. The van der Waals surface area contributed by atoms with Crippen molar-refractivity contribution in [2.24, 2.45) is 0 Å². The summed E-state index contributed by atoms with van der Waals surface area (Å²) in [5.41, 5.74) is 2.65. The van der Waals surface area contributed by atoms with Crippen LogP contribution in [-0.2, 0) is 6.54 Å². The Kier molecular flexibility index (Phi) is 4.00. The molecule has 0 unspecified atom stereocenters. The van der Waals surface area contributed by atoms with Crippen molar-refractivity contribution >= 4 is 17.5 Å². The molecule has 0 N–H and O–H groups in total. The quantitative estimate of drug-likeness (QED) is 0.861. The van der Waals surface area contributed by atoms with Crippen molar-refractivity contribution < 1.29 is 4.39 Å². The molecule has 1 heterocycles. The van der Waals surface area contributed by atoms with Crippen LogP contribution in [0.15, 0.2) is 24.3 Å². The topological polar surface area (TPSA) is 29.0 Å². The minimum absolute atomic E-state index is 0.133. The Hall–Kier alpha value is -1.68. The fourth-order valence-electron chi connectivity index (χ4n) is 1.86. The number of hydrogen-bond acceptors (Lipinski definition) is 3. The number of hydrogen-bond donors (Lipinski definition) is 0. The normalized spacial score (nSPS) is 10.6. The second-order valence-electron chi connectivity index (χ2n) is 4.56. The van der Waals surface area contributed by atoms with E-state index in [1.807, 2.05) is 31.9 Å². The fraction of sp³-hybridized carbons (Fsp3) is 0.286. The van der Waals surface area contributed by atoms with Gasteiger partial charge >= 0.3 is 0 Å². The summed E-state index contributed by atoms with van der Waals surface area (Å²) in [6.45, 7) is 4.37. The summed E-state index contributed by atoms with van der Waals surface area (Å²) in [6.07, 6.45) is 0. The lowest BCUT2D eigenvalue weighted by Crippen LogP contribution is -2.19. The zero-order valence-corrected chi connectivity index (χ0v) is 11.9. The van der Waals surface area contributed by atoms with E-state index in [9.17, 15) is 4.39 Å². The van der Waals surface area contributed by atoms with Gasteiger partial charge in [-0.1, -0.05) is 17.7 Å². The smallest absolute Gasteiger partial charge is 0.225 e. The Bertz CT molecular complexity index is 581. The molecule has 5 heteroatoms. The van der Waals surface area contributed by atoms with E-state index < -0.39 is 5.82 Å². The number of anilines is 1. The monoisotopic (exact) mass is 279 g/mol. The van der Waals surface area contributed by atoms with Gasteiger partial charge in [-0.25, -0.2) is 14.4 Å². The van der Waals surface area contributed by atoms with Gasteiger partial charge in [0.15, 0.2) is 0 Å². The third-order valence-electron chi connectivity index (χ3n) is 2.72. The summed E-state index contributed by atoms with van der Waals surface area (Å²) in [4.78, 5) is 10.6. The molecule has 0 atom stereocenters. The Labute approximate surface area is 117 Å². The summed E-state index contributed by atoms with van der Waals surface area (Å²) < 4.78 is 13.4. The van der Waals surface area contributed by atoms with E-state index in [1.165, 1.54) is 6.07 Å². The third-order valence-corrected chi connectivity index (χ3v) is 3.02. The minimum Gasteiger partial charge on any atom is -0.340 e. The zero-order chi connectivity index (χ0) is 14.0. The summed E-state index contributed by atoms with van der Waals surface area (Å²) in [5.74, 6) is 0.224. The van der Waals surface area contributed by atoms with Crippen molar-refractivity contribution in [2.45, 2.75) is 20.4 Å². The standard InChI is InChI=1S/C14H15ClFN3/c1-9-6-10(2)18-14(17-9)19(3)8-11-4-5-12(15)13(16)7-11/h4-7H,8H2,1-3H3. The van der Waals surface area contributed by atoms with Gasteiger partial charge in [-0.05, 0) is 37.6 Å². The number of nitrogens with zero attached hydrogens (tertiary/aromatic N) is 3. The summed E-state index contributed by atoms with van der Waals surface area (Å²) >= 11 is 5.66. The first-order valence-electron chi connectivity index (χ1n) is 5.93. The highest BCUT2D eigenvalue weighted by Gasteiger charge is 2.08. The van der Waals surface area contributed by atoms with E-state index >= 15 is 0 Å². The minimum atomic E-state index is -0.408. The lowest BCUT2D eigenvalue weighted by atomic mass is 10.2. The lowest BCUT2D eigenvalue weighted by Gasteiger charge is -2.18. The van der Waals surface area contributed by atoms with Crippen LogP contribution in [0.5, 0.6) is 0 Å². The van der Waals surface area contributed by atoms with Crippen LogP contribution in [0.1, 0.15) is 17.0 Å². The summed E-state index contributed by atoms with van der Waals surface area (Å²) in [5, 5.41) is 0.133. The van der Waals surface area contributed by atoms with Crippen molar-refractivity contribution in [3.05, 3.63) is 52.1 Å². The van der Waals surface area contributed by atoms with Crippen LogP contribution in [0.2, 0.25) is 5.02 Å². The molecule has 0 amide bonds. The van der Waals surface area contributed by atoms with Crippen LogP contribution in [-0.4, -0.2) is 17.0 Å². The molecule has 100 valence electrons. The van der Waals surface area contributed by atoms with Crippen molar-refractivity contribution in [3.63, 3.8) is 0 Å². The molecular formula is C14H15ClFN3. The van der Waals surface area contributed by atoms with E-state index in [4.69, 9.17) is 11.6 Å². The SMILES string of the molecule is Cc1cc(C)nc(N(C)Cc2ccc(Cl)c(F)c2)n1. The van der Waals surface area contributed by atoms with E-state index in [-0.39, 0.29) is 5.02 Å². The van der Waals surface area contributed by atoms with Gasteiger partial charge in [0.05, 0.1) is 5.02 Å². The third kappa shape index (κ3) is 3.41. The maximum atomic E-state index is 13.4. The molecule has 3 nitrogen and oxygen atoms in total. The van der Waals surface area contributed by atoms with Gasteiger partial charge in [-0.15, -0.1) is 0 Å². The summed E-state index contributed by atoms with van der Waals surface area (Å²) in [6, 6.07) is 6.70. The van der Waals surface area contributed by atoms with Gasteiger partial charge in [-0.3, -0.25) is 0 Å². The molecule has 0 saturated carbocycles. The second kappa shape index (κ2) is 5.53. The van der Waals surface area contributed by atoms with Gasteiger partial charge < -0.3 is 4.90 Å². The van der Waals surface area contributed by atoms with E-state index in [1.54, 1.807) is 12.1 Å². The molecule has 19 heavy (non-hydrogen) atoms. The Morgan fingerprint density at radius 2 is 1.79 bits per heavy atom. The van der Waals surface area contributed by atoms with Crippen molar-refractivity contribution in [1.82, 2.24) is 9.97 Å². The lowest BCUT2D eigenvalue weighted by molar-refractivity contribution is 0.625. The maximum Gasteiger partial charge on any atom is 0.225 e. The van der Waals surface area contributed by atoms with E-state index in [2.05, 4.69) is 9.97 Å². The van der Waals surface area contributed by atoms with Gasteiger partial charge in [0.1, 0.15) is 5.82 Å². The second-order valence-corrected chi connectivity index (χ2v) is 4.96. The average Bonchev–Trinajstić information content (AvgIpc) is 2.32. The largest absolute Gasteiger partial charge is 0.340 e. The van der Waals surface area contributed by atoms with Gasteiger partial charge in [0.2, 0.25) is 5.95 Å². The predicted molar refractivity (Wildman–Crippen MR) is 75.0 cm³/mol. The molecule has 0 aliphatic rings. The van der Waals surface area contributed by atoms with Crippen molar-refractivity contribution in [1.29, 1.82) is 0 Å². The fourth-order valence-corrected chi connectivity index (χ4v) is 1.98. The highest BCUT2D eigenvalue weighted by Crippen LogP contribution is 2.18. The number of halogens is 2. The molecule has 0 saturated heterocycles. The Morgan fingerprint density at radius 3 is 2.37 bits per heavy atom. The molecule has 0 bridgehead atoms. The maximum absolute atomic E-state index is 13.4. The van der Waals surface area contributed by atoms with Crippen LogP contribution in [0.25, 0.3) is 0 Å².